The van der Waals surface area contributed by atoms with Crippen LogP contribution in [0.4, 0.5) is 0 Å². The van der Waals surface area contributed by atoms with Crippen molar-refractivity contribution in [2.75, 3.05) is 26.2 Å². The third-order valence-electron chi connectivity index (χ3n) is 5.78. The molecule has 1 aromatic heterocycles. The summed E-state index contributed by atoms with van der Waals surface area (Å²) in [6.45, 7) is 4.92. The molecule has 3 heterocycles. The summed E-state index contributed by atoms with van der Waals surface area (Å²) in [7, 11) is 0. The van der Waals surface area contributed by atoms with Gasteiger partial charge in [-0.05, 0) is 25.7 Å². The Labute approximate surface area is 157 Å². The van der Waals surface area contributed by atoms with Gasteiger partial charge >= 0.3 is 5.69 Å². The van der Waals surface area contributed by atoms with Crippen LogP contribution in [0.5, 0.6) is 0 Å². The lowest BCUT2D eigenvalue weighted by molar-refractivity contribution is -0.142. The van der Waals surface area contributed by atoms with Gasteiger partial charge in [-0.15, -0.1) is 0 Å². The number of H-pyrrole nitrogens is 2. The van der Waals surface area contributed by atoms with E-state index in [1.54, 1.807) is 0 Å². The molecule has 27 heavy (non-hydrogen) atoms. The number of carbonyl (C=O) groups is 2. The summed E-state index contributed by atoms with van der Waals surface area (Å²) in [5, 5.41) is 0. The van der Waals surface area contributed by atoms with E-state index in [4.69, 9.17) is 0 Å². The van der Waals surface area contributed by atoms with Gasteiger partial charge in [0.05, 0.1) is 6.42 Å². The van der Waals surface area contributed by atoms with Crippen molar-refractivity contribution in [1.82, 2.24) is 19.8 Å². The molecule has 8 heteroatoms. The lowest BCUT2D eigenvalue weighted by atomic mass is 9.73. The largest absolute Gasteiger partial charge is 0.342 e. The molecule has 2 amide bonds. The summed E-state index contributed by atoms with van der Waals surface area (Å²) in [5.74, 6) is 0.112. The number of rotatable bonds is 5. The second-order valence-electron chi connectivity index (χ2n) is 7.86. The quantitative estimate of drug-likeness (QED) is 0.786. The Hall–Kier alpha value is -2.38. The van der Waals surface area contributed by atoms with Crippen molar-refractivity contribution >= 4 is 11.8 Å². The van der Waals surface area contributed by atoms with Crippen LogP contribution >= 0.6 is 0 Å². The molecule has 3 rings (SSSR count). The Bertz CT molecular complexity index is 814. The number of hydrogen-bond donors (Lipinski definition) is 2. The zero-order chi connectivity index (χ0) is 19.4. The van der Waals surface area contributed by atoms with Crippen LogP contribution in [-0.2, 0) is 16.0 Å². The maximum absolute atomic E-state index is 12.7. The van der Waals surface area contributed by atoms with E-state index < -0.39 is 11.2 Å². The summed E-state index contributed by atoms with van der Waals surface area (Å²) in [6, 6.07) is 0. The van der Waals surface area contributed by atoms with Crippen molar-refractivity contribution in [3.63, 3.8) is 0 Å². The van der Waals surface area contributed by atoms with Crippen molar-refractivity contribution in [2.45, 2.75) is 51.9 Å². The van der Waals surface area contributed by atoms with Crippen LogP contribution in [0.1, 0.15) is 51.0 Å². The van der Waals surface area contributed by atoms with Crippen molar-refractivity contribution in [2.24, 2.45) is 5.41 Å². The third-order valence-corrected chi connectivity index (χ3v) is 5.78. The van der Waals surface area contributed by atoms with Crippen molar-refractivity contribution in [1.29, 1.82) is 0 Å². The number of aromatic nitrogens is 2. The molecule has 2 aliphatic heterocycles. The highest BCUT2D eigenvalue weighted by Gasteiger charge is 2.42. The molecule has 2 aliphatic rings. The molecule has 2 saturated heterocycles. The minimum atomic E-state index is -0.577. The van der Waals surface area contributed by atoms with E-state index in [1.807, 2.05) is 9.80 Å². The second-order valence-corrected chi connectivity index (χ2v) is 7.86. The van der Waals surface area contributed by atoms with E-state index in [1.165, 1.54) is 6.20 Å². The van der Waals surface area contributed by atoms with Crippen LogP contribution in [-0.4, -0.2) is 57.8 Å². The standard InChI is InChI=1S/C19H28N4O4/c1-2-3-8-22-12-19(7-5-15(22)24)6-4-9-23(13-19)16(25)10-14-11-20-18(27)21-17(14)26/h11H,2-10,12-13H2,1H3,(H2,20,21,26,27)/t19-/m0/s1. The van der Waals surface area contributed by atoms with Crippen molar-refractivity contribution < 1.29 is 9.59 Å². The van der Waals surface area contributed by atoms with Crippen LogP contribution in [0.15, 0.2) is 15.8 Å². The molecule has 148 valence electrons. The topological polar surface area (TPSA) is 106 Å². The SMILES string of the molecule is CCCCN1C[C@]2(CCCN(C(=O)Cc3c[nH]c(=O)[nH]c3=O)C2)CCC1=O. The van der Waals surface area contributed by atoms with Crippen LogP contribution in [0.3, 0.4) is 0 Å². The van der Waals surface area contributed by atoms with Gasteiger partial charge in [0.25, 0.3) is 5.56 Å². The van der Waals surface area contributed by atoms with E-state index in [2.05, 4.69) is 16.9 Å². The van der Waals surface area contributed by atoms with E-state index in [-0.39, 0.29) is 29.2 Å². The van der Waals surface area contributed by atoms with Gasteiger partial charge in [-0.2, -0.15) is 0 Å². The summed E-state index contributed by atoms with van der Waals surface area (Å²) in [6.07, 6.45) is 6.62. The Kier molecular flexibility index (Phi) is 5.82. The Balaban J connectivity index is 1.67. The number of likely N-dealkylation sites (tertiary alicyclic amines) is 2. The molecule has 0 saturated carbocycles. The Morgan fingerprint density at radius 3 is 2.78 bits per heavy atom. The number of carbonyl (C=O) groups excluding carboxylic acids is 2. The Morgan fingerprint density at radius 2 is 2.04 bits per heavy atom. The molecule has 8 nitrogen and oxygen atoms in total. The maximum Gasteiger partial charge on any atom is 0.325 e. The molecule has 0 radical (unpaired) electrons. The number of amides is 2. The molecule has 1 spiro atoms. The molecule has 2 N–H and O–H groups in total. The van der Waals surface area contributed by atoms with Crippen molar-refractivity contribution in [3.8, 4) is 0 Å². The lowest BCUT2D eigenvalue weighted by Gasteiger charge is -2.48. The minimum Gasteiger partial charge on any atom is -0.342 e. The minimum absolute atomic E-state index is 0.0271. The molecule has 0 unspecified atom stereocenters. The molecular weight excluding hydrogens is 348 g/mol. The first-order chi connectivity index (χ1) is 12.9. The fourth-order valence-electron chi connectivity index (χ4n) is 4.25. The van der Waals surface area contributed by atoms with Gasteiger partial charge in [0, 0.05) is 49.8 Å². The molecular formula is C19H28N4O4. The number of unbranched alkanes of at least 4 members (excludes halogenated alkanes) is 1. The highest BCUT2D eigenvalue weighted by Crippen LogP contribution is 2.39. The number of hydrogen-bond acceptors (Lipinski definition) is 4. The van der Waals surface area contributed by atoms with E-state index >= 15 is 0 Å². The first-order valence-electron chi connectivity index (χ1n) is 9.79. The van der Waals surface area contributed by atoms with Gasteiger partial charge in [-0.3, -0.25) is 19.4 Å². The zero-order valence-corrected chi connectivity index (χ0v) is 15.9. The molecule has 1 aromatic rings. The molecule has 0 bridgehead atoms. The predicted octanol–water partition coefficient (Wildman–Crippen LogP) is 0.637. The number of aromatic amines is 2. The molecule has 1 atom stereocenters. The highest BCUT2D eigenvalue weighted by atomic mass is 16.2. The van der Waals surface area contributed by atoms with Gasteiger partial charge in [0.1, 0.15) is 0 Å². The van der Waals surface area contributed by atoms with Gasteiger partial charge in [-0.1, -0.05) is 13.3 Å². The highest BCUT2D eigenvalue weighted by molar-refractivity contribution is 5.79. The smallest absolute Gasteiger partial charge is 0.325 e. The monoisotopic (exact) mass is 376 g/mol. The summed E-state index contributed by atoms with van der Waals surface area (Å²) < 4.78 is 0. The zero-order valence-electron chi connectivity index (χ0n) is 15.9. The summed E-state index contributed by atoms with van der Waals surface area (Å²) >= 11 is 0. The van der Waals surface area contributed by atoms with E-state index in [0.29, 0.717) is 19.5 Å². The van der Waals surface area contributed by atoms with Crippen LogP contribution in [0, 0.1) is 5.41 Å². The number of nitrogens with zero attached hydrogens (tertiary/aromatic N) is 2. The van der Waals surface area contributed by atoms with E-state index in [0.717, 1.165) is 45.2 Å². The fourth-order valence-corrected chi connectivity index (χ4v) is 4.25. The Morgan fingerprint density at radius 1 is 1.22 bits per heavy atom. The van der Waals surface area contributed by atoms with Crippen molar-refractivity contribution in [3.05, 3.63) is 32.6 Å². The van der Waals surface area contributed by atoms with Crippen LogP contribution in [0.25, 0.3) is 0 Å². The maximum atomic E-state index is 12.7. The summed E-state index contributed by atoms with van der Waals surface area (Å²) in [4.78, 5) is 56.3. The molecule has 0 aromatic carbocycles. The van der Waals surface area contributed by atoms with Gasteiger partial charge in [0.2, 0.25) is 11.8 Å². The molecule has 2 fully saturated rings. The average Bonchev–Trinajstić information content (AvgIpc) is 2.65. The fraction of sp³-hybridized carbons (Fsp3) is 0.684. The van der Waals surface area contributed by atoms with Crippen LogP contribution in [0.2, 0.25) is 0 Å². The summed E-state index contributed by atoms with van der Waals surface area (Å²) in [5.41, 5.74) is -0.866. The number of piperidine rings is 2. The van der Waals surface area contributed by atoms with E-state index in [9.17, 15) is 19.2 Å². The first-order valence-corrected chi connectivity index (χ1v) is 9.79. The first kappa shape index (κ1) is 19.4. The van der Waals surface area contributed by atoms with Crippen LogP contribution < -0.4 is 11.2 Å². The predicted molar refractivity (Wildman–Crippen MR) is 100 cm³/mol. The lowest BCUT2D eigenvalue weighted by Crippen LogP contribution is -2.55. The average molecular weight is 376 g/mol. The van der Waals surface area contributed by atoms with Gasteiger partial charge in [0.15, 0.2) is 0 Å². The second kappa shape index (κ2) is 8.10. The third kappa shape index (κ3) is 4.48. The molecule has 0 aliphatic carbocycles. The van der Waals surface area contributed by atoms with Gasteiger partial charge < -0.3 is 14.8 Å². The number of nitrogens with one attached hydrogen (secondary N) is 2. The van der Waals surface area contributed by atoms with Gasteiger partial charge in [-0.25, -0.2) is 4.79 Å². The normalized spacial score (nSPS) is 23.1.